The van der Waals surface area contributed by atoms with Crippen molar-refractivity contribution < 1.29 is 14.1 Å². The minimum absolute atomic E-state index is 0.0937. The van der Waals surface area contributed by atoms with E-state index in [-0.39, 0.29) is 17.6 Å². The highest BCUT2D eigenvalue weighted by atomic mass is 16.5. The van der Waals surface area contributed by atoms with Crippen molar-refractivity contribution in [3.8, 4) is 11.6 Å². The molecule has 1 aliphatic rings. The number of pyridine rings is 1. The summed E-state index contributed by atoms with van der Waals surface area (Å²) in [5, 5.41) is 3.91. The number of carbonyl (C=O) groups excluding carboxylic acids is 1. The molecule has 1 amide bonds. The highest BCUT2D eigenvalue weighted by Crippen LogP contribution is 2.28. The van der Waals surface area contributed by atoms with Gasteiger partial charge in [0.15, 0.2) is 0 Å². The van der Waals surface area contributed by atoms with Gasteiger partial charge in [0.25, 0.3) is 5.91 Å². The van der Waals surface area contributed by atoms with Gasteiger partial charge in [0, 0.05) is 37.5 Å². The predicted octanol–water partition coefficient (Wildman–Crippen LogP) is 3.23. The molecule has 1 aliphatic heterocycles. The number of likely N-dealkylation sites (tertiary alicyclic amines) is 1. The SMILES string of the molecule is CCc1cc(C(=O)N2CCCC(c3cncc(Oc4cccnc4)n3)C2)on1. The molecule has 8 heteroatoms. The number of hydrogen-bond donors (Lipinski definition) is 0. The van der Waals surface area contributed by atoms with Crippen LogP contribution in [0.2, 0.25) is 0 Å². The molecular formula is C20H21N5O3. The first-order valence-electron chi connectivity index (χ1n) is 9.37. The van der Waals surface area contributed by atoms with Crippen molar-refractivity contribution >= 4 is 5.91 Å². The first-order chi connectivity index (χ1) is 13.7. The van der Waals surface area contributed by atoms with E-state index in [1.165, 1.54) is 0 Å². The van der Waals surface area contributed by atoms with Crippen LogP contribution < -0.4 is 4.74 Å². The Morgan fingerprint density at radius 2 is 2.25 bits per heavy atom. The monoisotopic (exact) mass is 379 g/mol. The minimum atomic E-state index is -0.132. The number of rotatable bonds is 5. The largest absolute Gasteiger partial charge is 0.436 e. The summed E-state index contributed by atoms with van der Waals surface area (Å²) in [5.74, 6) is 1.27. The smallest absolute Gasteiger partial charge is 0.292 e. The molecule has 8 nitrogen and oxygen atoms in total. The molecule has 3 aromatic heterocycles. The van der Waals surface area contributed by atoms with Crippen molar-refractivity contribution in [2.24, 2.45) is 0 Å². The molecule has 1 saturated heterocycles. The lowest BCUT2D eigenvalue weighted by Crippen LogP contribution is -2.39. The molecule has 1 fully saturated rings. The molecule has 4 heterocycles. The predicted molar refractivity (Wildman–Crippen MR) is 100 cm³/mol. The number of nitrogens with zero attached hydrogens (tertiary/aromatic N) is 5. The van der Waals surface area contributed by atoms with Gasteiger partial charge < -0.3 is 14.2 Å². The molecule has 0 aliphatic carbocycles. The lowest BCUT2D eigenvalue weighted by molar-refractivity contribution is 0.0663. The van der Waals surface area contributed by atoms with Crippen molar-refractivity contribution in [3.05, 3.63) is 60.1 Å². The van der Waals surface area contributed by atoms with E-state index >= 15 is 0 Å². The molecule has 1 unspecified atom stereocenters. The lowest BCUT2D eigenvalue weighted by Gasteiger charge is -2.31. The average molecular weight is 379 g/mol. The van der Waals surface area contributed by atoms with Gasteiger partial charge in [-0.05, 0) is 31.4 Å². The topological polar surface area (TPSA) is 94.2 Å². The lowest BCUT2D eigenvalue weighted by atomic mass is 9.95. The van der Waals surface area contributed by atoms with Gasteiger partial charge in [0.2, 0.25) is 11.6 Å². The standard InChI is InChI=1S/C20H21N5O3/c1-2-15-9-18(28-24-15)20(26)25-8-4-5-14(13-25)17-11-22-12-19(23-17)27-16-6-3-7-21-10-16/h3,6-7,9-12,14H,2,4-5,8,13H2,1H3. The van der Waals surface area contributed by atoms with Crippen molar-refractivity contribution in [3.63, 3.8) is 0 Å². The van der Waals surface area contributed by atoms with Crippen LogP contribution in [0.15, 0.2) is 47.5 Å². The van der Waals surface area contributed by atoms with Gasteiger partial charge in [-0.25, -0.2) is 4.98 Å². The Balaban J connectivity index is 1.47. The molecule has 0 spiro atoms. The van der Waals surface area contributed by atoms with Crippen molar-refractivity contribution in [2.45, 2.75) is 32.1 Å². The summed E-state index contributed by atoms with van der Waals surface area (Å²) >= 11 is 0. The zero-order valence-corrected chi connectivity index (χ0v) is 15.6. The van der Waals surface area contributed by atoms with Crippen molar-refractivity contribution in [1.29, 1.82) is 0 Å². The van der Waals surface area contributed by atoms with E-state index in [9.17, 15) is 4.79 Å². The summed E-state index contributed by atoms with van der Waals surface area (Å²) in [5.41, 5.74) is 1.59. The first-order valence-corrected chi connectivity index (χ1v) is 9.37. The van der Waals surface area contributed by atoms with Gasteiger partial charge in [0.05, 0.1) is 23.8 Å². The van der Waals surface area contributed by atoms with Crippen LogP contribution in [0.3, 0.4) is 0 Å². The van der Waals surface area contributed by atoms with Crippen LogP contribution in [-0.4, -0.2) is 44.0 Å². The van der Waals surface area contributed by atoms with E-state index in [0.29, 0.717) is 24.7 Å². The summed E-state index contributed by atoms with van der Waals surface area (Å²) in [4.78, 5) is 27.4. The highest BCUT2D eigenvalue weighted by Gasteiger charge is 2.28. The molecule has 28 heavy (non-hydrogen) atoms. The van der Waals surface area contributed by atoms with Gasteiger partial charge in [-0.3, -0.25) is 14.8 Å². The second kappa shape index (κ2) is 8.16. The van der Waals surface area contributed by atoms with Crippen LogP contribution in [0.4, 0.5) is 0 Å². The summed E-state index contributed by atoms with van der Waals surface area (Å²) in [6.45, 7) is 3.23. The Morgan fingerprint density at radius 1 is 1.32 bits per heavy atom. The summed E-state index contributed by atoms with van der Waals surface area (Å²) in [7, 11) is 0. The Kier molecular flexibility index (Phi) is 5.27. The molecule has 3 aromatic rings. The van der Waals surface area contributed by atoms with Crippen LogP contribution >= 0.6 is 0 Å². The van der Waals surface area contributed by atoms with Crippen LogP contribution in [-0.2, 0) is 6.42 Å². The number of hydrogen-bond acceptors (Lipinski definition) is 7. The number of amides is 1. The number of aryl methyl sites for hydroxylation is 1. The van der Waals surface area contributed by atoms with Crippen LogP contribution in [0.1, 0.15) is 47.6 Å². The van der Waals surface area contributed by atoms with E-state index in [1.807, 2.05) is 13.0 Å². The Morgan fingerprint density at radius 3 is 3.04 bits per heavy atom. The molecule has 0 N–H and O–H groups in total. The Labute approximate surface area is 162 Å². The zero-order valence-electron chi connectivity index (χ0n) is 15.6. The van der Waals surface area contributed by atoms with E-state index in [1.54, 1.807) is 41.8 Å². The fourth-order valence-electron chi connectivity index (χ4n) is 3.27. The summed E-state index contributed by atoms with van der Waals surface area (Å²) in [6.07, 6.45) is 9.17. The number of ether oxygens (including phenoxy) is 1. The molecular weight excluding hydrogens is 358 g/mol. The van der Waals surface area contributed by atoms with Gasteiger partial charge in [-0.15, -0.1) is 0 Å². The van der Waals surface area contributed by atoms with Crippen molar-refractivity contribution in [2.75, 3.05) is 13.1 Å². The number of aromatic nitrogens is 4. The first kappa shape index (κ1) is 18.1. The van der Waals surface area contributed by atoms with Gasteiger partial charge in [-0.2, -0.15) is 0 Å². The third-order valence-corrected chi connectivity index (χ3v) is 4.75. The fourth-order valence-corrected chi connectivity index (χ4v) is 3.27. The highest BCUT2D eigenvalue weighted by molar-refractivity contribution is 5.91. The van der Waals surface area contributed by atoms with Crippen LogP contribution in [0.25, 0.3) is 0 Å². The Hall–Kier alpha value is -3.29. The fraction of sp³-hybridized carbons (Fsp3) is 0.350. The summed E-state index contributed by atoms with van der Waals surface area (Å²) in [6, 6.07) is 5.32. The molecule has 0 aromatic carbocycles. The average Bonchev–Trinajstić information content (AvgIpc) is 3.24. The minimum Gasteiger partial charge on any atom is -0.436 e. The maximum absolute atomic E-state index is 12.7. The van der Waals surface area contributed by atoms with E-state index in [2.05, 4.69) is 20.1 Å². The molecule has 144 valence electrons. The van der Waals surface area contributed by atoms with Gasteiger partial charge >= 0.3 is 0 Å². The number of carbonyl (C=O) groups is 1. The molecule has 0 saturated carbocycles. The quantitative estimate of drug-likeness (QED) is 0.672. The second-order valence-electron chi connectivity index (χ2n) is 6.70. The molecule has 4 rings (SSSR count). The van der Waals surface area contributed by atoms with Crippen LogP contribution in [0, 0.1) is 0 Å². The number of piperidine rings is 1. The van der Waals surface area contributed by atoms with E-state index < -0.39 is 0 Å². The summed E-state index contributed by atoms with van der Waals surface area (Å²) < 4.78 is 10.9. The van der Waals surface area contributed by atoms with Gasteiger partial charge in [-0.1, -0.05) is 12.1 Å². The normalized spacial score (nSPS) is 16.8. The third-order valence-electron chi connectivity index (χ3n) is 4.75. The van der Waals surface area contributed by atoms with Gasteiger partial charge in [0.1, 0.15) is 5.75 Å². The van der Waals surface area contributed by atoms with Crippen molar-refractivity contribution in [1.82, 2.24) is 25.0 Å². The Bertz CT molecular complexity index is 944. The maximum Gasteiger partial charge on any atom is 0.292 e. The molecule has 0 bridgehead atoms. The zero-order chi connectivity index (χ0) is 19.3. The molecule has 1 atom stereocenters. The second-order valence-corrected chi connectivity index (χ2v) is 6.70. The van der Waals surface area contributed by atoms with Crippen LogP contribution in [0.5, 0.6) is 11.6 Å². The van der Waals surface area contributed by atoms with E-state index in [4.69, 9.17) is 9.26 Å². The molecule has 0 radical (unpaired) electrons. The van der Waals surface area contributed by atoms with E-state index in [0.717, 1.165) is 30.7 Å². The third kappa shape index (κ3) is 4.00. The maximum atomic E-state index is 12.7.